The quantitative estimate of drug-likeness (QED) is 0.797. The molecule has 5 heteroatoms. The van der Waals surface area contributed by atoms with E-state index in [0.717, 1.165) is 5.56 Å². The molecule has 0 spiro atoms. The number of carbonyl (C=O) groups excluding carboxylic acids is 2. The van der Waals surface area contributed by atoms with Crippen LogP contribution in [0.25, 0.3) is 0 Å². The zero-order valence-electron chi connectivity index (χ0n) is 13.6. The third-order valence-electron chi connectivity index (χ3n) is 2.77. The van der Waals surface area contributed by atoms with Gasteiger partial charge in [0.2, 0.25) is 5.91 Å². The van der Waals surface area contributed by atoms with Crippen LogP contribution in [0, 0.1) is 12.8 Å². The molecule has 0 fully saturated rings. The molecule has 0 radical (unpaired) electrons. The Bertz CT molecular complexity index is 531. The molecule has 116 valence electrons. The molecule has 0 saturated heterocycles. The lowest BCUT2D eigenvalue weighted by molar-refractivity contribution is -0.118. The number of rotatable bonds is 3. The van der Waals surface area contributed by atoms with Gasteiger partial charge in [0.05, 0.1) is 0 Å². The molecule has 21 heavy (non-hydrogen) atoms. The average Bonchev–Trinajstić information content (AvgIpc) is 2.30. The summed E-state index contributed by atoms with van der Waals surface area (Å²) in [6.07, 6.45) is 0. The van der Waals surface area contributed by atoms with Gasteiger partial charge in [-0.25, -0.2) is 4.79 Å². The van der Waals surface area contributed by atoms with Gasteiger partial charge < -0.3 is 16.0 Å². The molecule has 0 saturated carbocycles. The Balaban J connectivity index is 2.83. The predicted molar refractivity (Wildman–Crippen MR) is 86.6 cm³/mol. The standard InChI is InChI=1S/C16H25N3O2/c1-10(2)14(20)17-12-8-7-11(3)13(9-12)18-15(21)19-16(4,5)6/h7-10H,1-6H3,(H,17,20)(H2,18,19,21). The summed E-state index contributed by atoms with van der Waals surface area (Å²) in [4.78, 5) is 23.6. The first-order valence-corrected chi connectivity index (χ1v) is 7.09. The molecule has 0 aromatic heterocycles. The summed E-state index contributed by atoms with van der Waals surface area (Å²) in [6, 6.07) is 5.18. The van der Waals surface area contributed by atoms with Crippen molar-refractivity contribution in [3.63, 3.8) is 0 Å². The Morgan fingerprint density at radius 1 is 1.10 bits per heavy atom. The topological polar surface area (TPSA) is 70.2 Å². The van der Waals surface area contributed by atoms with Crippen LogP contribution >= 0.6 is 0 Å². The zero-order chi connectivity index (χ0) is 16.2. The maximum Gasteiger partial charge on any atom is 0.319 e. The van der Waals surface area contributed by atoms with Gasteiger partial charge in [-0.3, -0.25) is 4.79 Å². The van der Waals surface area contributed by atoms with Crippen LogP contribution in [0.4, 0.5) is 16.2 Å². The van der Waals surface area contributed by atoms with Crippen molar-refractivity contribution in [3.05, 3.63) is 23.8 Å². The van der Waals surface area contributed by atoms with Gasteiger partial charge in [-0.05, 0) is 45.4 Å². The van der Waals surface area contributed by atoms with E-state index in [0.29, 0.717) is 11.4 Å². The fraction of sp³-hybridized carbons (Fsp3) is 0.500. The number of hydrogen-bond donors (Lipinski definition) is 3. The Morgan fingerprint density at radius 2 is 1.71 bits per heavy atom. The van der Waals surface area contributed by atoms with E-state index in [-0.39, 0.29) is 23.4 Å². The van der Waals surface area contributed by atoms with Crippen LogP contribution in [-0.2, 0) is 4.79 Å². The van der Waals surface area contributed by atoms with Crippen molar-refractivity contribution >= 4 is 23.3 Å². The minimum absolute atomic E-state index is 0.0519. The lowest BCUT2D eigenvalue weighted by atomic mass is 10.1. The molecular formula is C16H25N3O2. The van der Waals surface area contributed by atoms with Crippen LogP contribution in [-0.4, -0.2) is 17.5 Å². The maximum absolute atomic E-state index is 11.9. The minimum Gasteiger partial charge on any atom is -0.333 e. The number of anilines is 2. The van der Waals surface area contributed by atoms with Crippen molar-refractivity contribution < 1.29 is 9.59 Å². The molecule has 0 heterocycles. The smallest absolute Gasteiger partial charge is 0.319 e. The van der Waals surface area contributed by atoms with E-state index >= 15 is 0 Å². The van der Waals surface area contributed by atoms with Crippen molar-refractivity contribution in [2.45, 2.75) is 47.1 Å². The van der Waals surface area contributed by atoms with Crippen LogP contribution in [0.1, 0.15) is 40.2 Å². The third kappa shape index (κ3) is 5.85. The monoisotopic (exact) mass is 291 g/mol. The molecule has 0 atom stereocenters. The third-order valence-corrected chi connectivity index (χ3v) is 2.77. The van der Waals surface area contributed by atoms with Crippen LogP contribution < -0.4 is 16.0 Å². The molecule has 0 aliphatic rings. The molecule has 1 aromatic rings. The number of carbonyl (C=O) groups is 2. The highest BCUT2D eigenvalue weighted by Gasteiger charge is 2.15. The van der Waals surface area contributed by atoms with Gasteiger partial charge in [0.1, 0.15) is 0 Å². The van der Waals surface area contributed by atoms with Crippen LogP contribution in [0.2, 0.25) is 0 Å². The van der Waals surface area contributed by atoms with Crippen LogP contribution in [0.3, 0.4) is 0 Å². The Hall–Kier alpha value is -2.04. The SMILES string of the molecule is Cc1ccc(NC(=O)C(C)C)cc1NC(=O)NC(C)(C)C. The highest BCUT2D eigenvalue weighted by molar-refractivity contribution is 5.95. The first-order valence-electron chi connectivity index (χ1n) is 7.09. The number of hydrogen-bond acceptors (Lipinski definition) is 2. The van der Waals surface area contributed by atoms with Crippen LogP contribution in [0.15, 0.2) is 18.2 Å². The second kappa shape index (κ2) is 6.61. The van der Waals surface area contributed by atoms with E-state index in [4.69, 9.17) is 0 Å². The molecule has 1 aromatic carbocycles. The van der Waals surface area contributed by atoms with Gasteiger partial charge in [-0.2, -0.15) is 0 Å². The van der Waals surface area contributed by atoms with Gasteiger partial charge in [-0.15, -0.1) is 0 Å². The molecule has 0 aliphatic carbocycles. The first kappa shape index (κ1) is 17.0. The van der Waals surface area contributed by atoms with Crippen molar-refractivity contribution in [2.24, 2.45) is 5.92 Å². The lowest BCUT2D eigenvalue weighted by Gasteiger charge is -2.21. The zero-order valence-corrected chi connectivity index (χ0v) is 13.6. The number of nitrogens with one attached hydrogen (secondary N) is 3. The molecular weight excluding hydrogens is 266 g/mol. The molecule has 5 nitrogen and oxygen atoms in total. The van der Waals surface area contributed by atoms with Gasteiger partial charge in [0.25, 0.3) is 0 Å². The van der Waals surface area contributed by atoms with Crippen molar-refractivity contribution in [1.29, 1.82) is 0 Å². The molecule has 3 N–H and O–H groups in total. The number of benzene rings is 1. The summed E-state index contributed by atoms with van der Waals surface area (Å²) >= 11 is 0. The molecule has 0 bridgehead atoms. The van der Waals surface area contributed by atoms with Crippen molar-refractivity contribution in [3.8, 4) is 0 Å². The van der Waals surface area contributed by atoms with E-state index in [1.54, 1.807) is 6.07 Å². The van der Waals surface area contributed by atoms with Gasteiger partial charge in [0.15, 0.2) is 0 Å². The molecule has 1 rings (SSSR count). The molecule has 0 unspecified atom stereocenters. The van der Waals surface area contributed by atoms with Crippen molar-refractivity contribution in [1.82, 2.24) is 5.32 Å². The first-order chi connectivity index (χ1) is 9.58. The lowest BCUT2D eigenvalue weighted by Crippen LogP contribution is -2.43. The van der Waals surface area contributed by atoms with E-state index < -0.39 is 0 Å². The van der Waals surface area contributed by atoms with Crippen molar-refractivity contribution in [2.75, 3.05) is 10.6 Å². The maximum atomic E-state index is 11.9. The van der Waals surface area contributed by atoms with Gasteiger partial charge >= 0.3 is 6.03 Å². The summed E-state index contributed by atoms with van der Waals surface area (Å²) in [7, 11) is 0. The normalized spacial score (nSPS) is 11.2. The van der Waals surface area contributed by atoms with Gasteiger partial charge in [-0.1, -0.05) is 19.9 Å². The van der Waals surface area contributed by atoms with E-state index in [9.17, 15) is 9.59 Å². The average molecular weight is 291 g/mol. The summed E-state index contributed by atoms with van der Waals surface area (Å²) in [5, 5.41) is 8.46. The Kier molecular flexibility index (Phi) is 5.35. The predicted octanol–water partition coefficient (Wildman–Crippen LogP) is 3.51. The molecule has 0 aliphatic heterocycles. The second-order valence-corrected chi connectivity index (χ2v) is 6.50. The fourth-order valence-corrected chi connectivity index (χ4v) is 1.62. The largest absolute Gasteiger partial charge is 0.333 e. The fourth-order valence-electron chi connectivity index (χ4n) is 1.62. The van der Waals surface area contributed by atoms with E-state index in [2.05, 4.69) is 16.0 Å². The summed E-state index contributed by atoms with van der Waals surface area (Å²) < 4.78 is 0. The number of amides is 3. The minimum atomic E-state index is -0.304. The highest BCUT2D eigenvalue weighted by Crippen LogP contribution is 2.21. The second-order valence-electron chi connectivity index (χ2n) is 6.50. The number of urea groups is 1. The molecule has 3 amide bonds. The van der Waals surface area contributed by atoms with Gasteiger partial charge in [0, 0.05) is 22.8 Å². The highest BCUT2D eigenvalue weighted by atomic mass is 16.2. The summed E-state index contributed by atoms with van der Waals surface area (Å²) in [5.74, 6) is -0.143. The number of aryl methyl sites for hydroxylation is 1. The van der Waals surface area contributed by atoms with Crippen LogP contribution in [0.5, 0.6) is 0 Å². The Morgan fingerprint density at radius 3 is 2.24 bits per heavy atom. The summed E-state index contributed by atoms with van der Waals surface area (Å²) in [5.41, 5.74) is 1.98. The summed E-state index contributed by atoms with van der Waals surface area (Å²) in [6.45, 7) is 11.3. The Labute approximate surface area is 126 Å². The van der Waals surface area contributed by atoms with E-state index in [1.807, 2.05) is 53.7 Å². The van der Waals surface area contributed by atoms with E-state index in [1.165, 1.54) is 0 Å².